The van der Waals surface area contributed by atoms with Crippen molar-refractivity contribution in [2.75, 3.05) is 5.73 Å². The Balaban J connectivity index is 1.66. The summed E-state index contributed by atoms with van der Waals surface area (Å²) in [6.07, 6.45) is 8.20. The maximum absolute atomic E-state index is 10.2. The molecule has 0 amide bonds. The summed E-state index contributed by atoms with van der Waals surface area (Å²) in [7, 11) is 0. The predicted molar refractivity (Wildman–Crippen MR) is 105 cm³/mol. The van der Waals surface area contributed by atoms with Gasteiger partial charge in [-0.25, -0.2) is 9.97 Å². The lowest BCUT2D eigenvalue weighted by Crippen LogP contribution is -2.12. The van der Waals surface area contributed by atoms with Crippen molar-refractivity contribution in [3.8, 4) is 11.3 Å². The Bertz CT molecular complexity index is 1080. The number of aromatic nitrogens is 4. The van der Waals surface area contributed by atoms with Crippen LogP contribution in [0.2, 0.25) is 0 Å². The first-order chi connectivity index (χ1) is 13.6. The SMILES string of the molecule is CC1CCc2c(c3c(N)ncnc3n2C2CCC(O)C2)-c2noc(C3CC3)c21. The molecule has 2 saturated carbocycles. The standard InChI is InChI=1S/C21H25N5O2/c1-10-2-7-14-16(18-15(10)19(28-25-18)11-3-4-11)17-20(22)23-9-24-21(17)26(14)12-5-6-13(27)8-12/h9-13,27H,2-8H2,1H3,(H2,22,23,24). The Labute approximate surface area is 162 Å². The van der Waals surface area contributed by atoms with Crippen LogP contribution in [-0.2, 0) is 6.42 Å². The van der Waals surface area contributed by atoms with Crippen LogP contribution in [0.4, 0.5) is 5.82 Å². The van der Waals surface area contributed by atoms with Gasteiger partial charge < -0.3 is 19.9 Å². The summed E-state index contributed by atoms with van der Waals surface area (Å²) in [4.78, 5) is 8.92. The van der Waals surface area contributed by atoms with Gasteiger partial charge in [0.1, 0.15) is 29.2 Å². The number of aliphatic hydroxyl groups is 1. The summed E-state index contributed by atoms with van der Waals surface area (Å²) < 4.78 is 8.21. The average Bonchev–Trinajstić information content (AvgIpc) is 3.18. The van der Waals surface area contributed by atoms with Crippen LogP contribution in [-0.4, -0.2) is 30.9 Å². The van der Waals surface area contributed by atoms with E-state index in [0.717, 1.165) is 60.2 Å². The second kappa shape index (κ2) is 5.80. The van der Waals surface area contributed by atoms with Crippen molar-refractivity contribution in [2.24, 2.45) is 0 Å². The van der Waals surface area contributed by atoms with E-state index in [1.165, 1.54) is 24.1 Å². The zero-order chi connectivity index (χ0) is 19.0. The first-order valence-electron chi connectivity index (χ1n) is 10.4. The Kier molecular flexibility index (Phi) is 3.42. The fourth-order valence-electron chi connectivity index (χ4n) is 5.37. The largest absolute Gasteiger partial charge is 0.393 e. The number of fused-ring (bicyclic) bond motifs is 5. The monoisotopic (exact) mass is 379 g/mol. The van der Waals surface area contributed by atoms with Crippen LogP contribution in [0.1, 0.15) is 80.3 Å². The Hall–Kier alpha value is -2.41. The molecule has 3 aromatic heterocycles. The van der Waals surface area contributed by atoms with Crippen molar-refractivity contribution < 1.29 is 9.63 Å². The number of aliphatic hydroxyl groups excluding tert-OH is 1. The Morgan fingerprint density at radius 1 is 1.18 bits per heavy atom. The zero-order valence-corrected chi connectivity index (χ0v) is 16.1. The number of hydrogen-bond acceptors (Lipinski definition) is 6. The fourth-order valence-corrected chi connectivity index (χ4v) is 5.37. The zero-order valence-electron chi connectivity index (χ0n) is 16.1. The summed E-state index contributed by atoms with van der Waals surface area (Å²) in [5, 5.41) is 15.6. The van der Waals surface area contributed by atoms with E-state index in [0.29, 0.717) is 17.7 Å². The molecule has 0 bridgehead atoms. The molecule has 146 valence electrons. The van der Waals surface area contributed by atoms with Gasteiger partial charge in [-0.3, -0.25) is 0 Å². The minimum absolute atomic E-state index is 0.238. The molecule has 0 saturated heterocycles. The number of hydrogen-bond donors (Lipinski definition) is 2. The molecule has 0 spiro atoms. The second-order valence-electron chi connectivity index (χ2n) is 8.79. The normalized spacial score (nSPS) is 27.0. The van der Waals surface area contributed by atoms with E-state index < -0.39 is 0 Å². The number of nitrogens with zero attached hydrogens (tertiary/aromatic N) is 4. The van der Waals surface area contributed by atoms with Gasteiger partial charge in [-0.05, 0) is 50.9 Å². The Morgan fingerprint density at radius 2 is 2.04 bits per heavy atom. The molecule has 7 nitrogen and oxygen atoms in total. The summed E-state index contributed by atoms with van der Waals surface area (Å²) in [6, 6.07) is 0.238. The summed E-state index contributed by atoms with van der Waals surface area (Å²) >= 11 is 0. The third kappa shape index (κ3) is 2.22. The molecule has 3 aliphatic carbocycles. The van der Waals surface area contributed by atoms with Gasteiger partial charge in [0.2, 0.25) is 0 Å². The highest BCUT2D eigenvalue weighted by molar-refractivity contribution is 6.02. The van der Waals surface area contributed by atoms with Crippen molar-refractivity contribution >= 4 is 16.9 Å². The van der Waals surface area contributed by atoms with Crippen LogP contribution in [0.3, 0.4) is 0 Å². The van der Waals surface area contributed by atoms with Gasteiger partial charge >= 0.3 is 0 Å². The molecule has 3 aliphatic rings. The molecule has 3 aromatic rings. The first-order valence-corrected chi connectivity index (χ1v) is 10.4. The van der Waals surface area contributed by atoms with Crippen LogP contribution >= 0.6 is 0 Å². The van der Waals surface area contributed by atoms with E-state index in [1.807, 2.05) is 0 Å². The number of rotatable bonds is 2. The van der Waals surface area contributed by atoms with Crippen molar-refractivity contribution in [3.05, 3.63) is 23.3 Å². The van der Waals surface area contributed by atoms with Crippen molar-refractivity contribution in [3.63, 3.8) is 0 Å². The predicted octanol–water partition coefficient (Wildman–Crippen LogP) is 3.68. The van der Waals surface area contributed by atoms with Gasteiger partial charge in [0, 0.05) is 28.8 Å². The number of nitrogen functional groups attached to an aromatic ring is 1. The third-order valence-electron chi connectivity index (χ3n) is 6.90. The number of nitrogens with two attached hydrogens (primary N) is 1. The van der Waals surface area contributed by atoms with Gasteiger partial charge in [-0.1, -0.05) is 12.1 Å². The molecule has 3 atom stereocenters. The van der Waals surface area contributed by atoms with Crippen molar-refractivity contribution in [1.29, 1.82) is 0 Å². The van der Waals surface area contributed by atoms with Gasteiger partial charge in [0.15, 0.2) is 0 Å². The molecular formula is C21H25N5O2. The lowest BCUT2D eigenvalue weighted by Gasteiger charge is -2.18. The summed E-state index contributed by atoms with van der Waals surface area (Å²) in [5.41, 5.74) is 11.7. The molecule has 3 heterocycles. The molecule has 0 aromatic carbocycles. The molecule has 28 heavy (non-hydrogen) atoms. The quantitative estimate of drug-likeness (QED) is 0.704. The van der Waals surface area contributed by atoms with E-state index in [9.17, 15) is 5.11 Å². The van der Waals surface area contributed by atoms with E-state index in [-0.39, 0.29) is 12.1 Å². The van der Waals surface area contributed by atoms with Gasteiger partial charge in [0.25, 0.3) is 0 Å². The molecule has 3 unspecified atom stereocenters. The summed E-state index contributed by atoms with van der Waals surface area (Å²) in [6.45, 7) is 2.28. The van der Waals surface area contributed by atoms with Crippen LogP contribution in [0.15, 0.2) is 10.9 Å². The second-order valence-corrected chi connectivity index (χ2v) is 8.79. The minimum Gasteiger partial charge on any atom is -0.393 e. The molecular weight excluding hydrogens is 354 g/mol. The average molecular weight is 379 g/mol. The fraction of sp³-hybridized carbons (Fsp3) is 0.571. The van der Waals surface area contributed by atoms with Gasteiger partial charge in [-0.15, -0.1) is 0 Å². The van der Waals surface area contributed by atoms with E-state index in [4.69, 9.17) is 10.3 Å². The van der Waals surface area contributed by atoms with Crippen molar-refractivity contribution in [1.82, 2.24) is 19.7 Å². The lowest BCUT2D eigenvalue weighted by molar-refractivity contribution is 0.178. The number of anilines is 1. The van der Waals surface area contributed by atoms with Crippen molar-refractivity contribution in [2.45, 2.75) is 75.9 Å². The third-order valence-corrected chi connectivity index (χ3v) is 6.90. The van der Waals surface area contributed by atoms with Gasteiger partial charge in [-0.2, -0.15) is 0 Å². The molecule has 2 fully saturated rings. The maximum Gasteiger partial charge on any atom is 0.146 e. The van der Waals surface area contributed by atoms with E-state index in [1.54, 1.807) is 6.33 Å². The smallest absolute Gasteiger partial charge is 0.146 e. The van der Waals surface area contributed by atoms with E-state index in [2.05, 4.69) is 26.6 Å². The summed E-state index contributed by atoms with van der Waals surface area (Å²) in [5.74, 6) is 2.48. The Morgan fingerprint density at radius 3 is 2.79 bits per heavy atom. The van der Waals surface area contributed by atoms with Crippen LogP contribution < -0.4 is 5.73 Å². The molecule has 6 rings (SSSR count). The lowest BCUT2D eigenvalue weighted by atomic mass is 9.94. The highest BCUT2D eigenvalue weighted by Gasteiger charge is 2.39. The highest BCUT2D eigenvalue weighted by atomic mass is 16.5. The molecule has 7 heteroatoms. The molecule has 0 radical (unpaired) electrons. The molecule has 0 aliphatic heterocycles. The minimum atomic E-state index is -0.244. The highest BCUT2D eigenvalue weighted by Crippen LogP contribution is 2.51. The van der Waals surface area contributed by atoms with Gasteiger partial charge in [0.05, 0.1) is 11.5 Å². The maximum atomic E-state index is 10.2. The van der Waals surface area contributed by atoms with Crippen LogP contribution in [0.25, 0.3) is 22.3 Å². The van der Waals surface area contributed by atoms with Crippen LogP contribution in [0, 0.1) is 0 Å². The topological polar surface area (TPSA) is 103 Å². The van der Waals surface area contributed by atoms with Crippen LogP contribution in [0.5, 0.6) is 0 Å². The van der Waals surface area contributed by atoms with E-state index >= 15 is 0 Å². The first kappa shape index (κ1) is 16.5. The molecule has 3 N–H and O–H groups in total.